The Morgan fingerprint density at radius 3 is 2.86 bits per heavy atom. The first-order valence-corrected chi connectivity index (χ1v) is 10.6. The summed E-state index contributed by atoms with van der Waals surface area (Å²) in [5.41, 5.74) is 2.21. The molecule has 3 aliphatic rings. The van der Waals surface area contributed by atoms with Crippen molar-refractivity contribution in [1.82, 2.24) is 5.32 Å². The topological polar surface area (TPSA) is 66.0 Å². The van der Waals surface area contributed by atoms with E-state index < -0.39 is 0 Å². The lowest BCUT2D eigenvalue weighted by Gasteiger charge is -2.55. The van der Waals surface area contributed by atoms with Gasteiger partial charge in [-0.15, -0.1) is 0 Å². The van der Waals surface area contributed by atoms with Gasteiger partial charge in [0.05, 0.1) is 12.7 Å². The molecule has 1 aromatic carbocycles. The van der Waals surface area contributed by atoms with Crippen LogP contribution in [0.25, 0.3) is 0 Å². The molecule has 1 aromatic rings. The molecule has 1 aliphatic carbocycles. The molecule has 0 saturated carbocycles. The smallest absolute Gasteiger partial charge is 0.407 e. The SMILES string of the molecule is CCCNC(=O)OC[C@@]12CO[C@@H](c3ccc4c(c3)OCO4)[C@H](C(C)=C[C@@H]1C)[C@@H]2C. The number of carbonyl (C=O) groups excluding carboxylic acids is 1. The Morgan fingerprint density at radius 2 is 2.07 bits per heavy atom. The zero-order chi connectivity index (χ0) is 20.6. The van der Waals surface area contributed by atoms with Gasteiger partial charge in [-0.1, -0.05) is 38.5 Å². The molecule has 1 amide bonds. The maximum Gasteiger partial charge on any atom is 0.407 e. The van der Waals surface area contributed by atoms with Crippen LogP contribution < -0.4 is 14.8 Å². The van der Waals surface area contributed by atoms with Gasteiger partial charge in [-0.05, 0) is 42.9 Å². The van der Waals surface area contributed by atoms with Gasteiger partial charge >= 0.3 is 6.09 Å². The van der Waals surface area contributed by atoms with Crippen molar-refractivity contribution in [3.8, 4) is 11.5 Å². The first-order chi connectivity index (χ1) is 14.0. The van der Waals surface area contributed by atoms with E-state index in [-0.39, 0.29) is 36.2 Å². The number of fused-ring (bicyclic) bond motifs is 3. The Bertz CT molecular complexity index is 806. The van der Waals surface area contributed by atoms with E-state index in [9.17, 15) is 4.79 Å². The minimum Gasteiger partial charge on any atom is -0.454 e. The number of rotatable bonds is 5. The lowest BCUT2D eigenvalue weighted by Crippen LogP contribution is -2.54. The summed E-state index contributed by atoms with van der Waals surface area (Å²) in [5.74, 6) is 2.36. The van der Waals surface area contributed by atoms with Gasteiger partial charge in [-0.25, -0.2) is 4.79 Å². The highest BCUT2D eigenvalue weighted by Gasteiger charge is 2.54. The fraction of sp³-hybridized carbons (Fsp3) is 0.609. The lowest BCUT2D eigenvalue weighted by molar-refractivity contribution is -0.165. The molecule has 158 valence electrons. The summed E-state index contributed by atoms with van der Waals surface area (Å²) in [5, 5.41) is 2.80. The van der Waals surface area contributed by atoms with Crippen molar-refractivity contribution in [2.75, 3.05) is 26.6 Å². The highest BCUT2D eigenvalue weighted by Crippen LogP contribution is 2.56. The maximum atomic E-state index is 12.1. The average Bonchev–Trinajstić information content (AvgIpc) is 3.17. The van der Waals surface area contributed by atoms with Crippen LogP contribution in [0, 0.1) is 23.2 Å². The fourth-order valence-corrected chi connectivity index (χ4v) is 5.13. The second-order valence-electron chi connectivity index (χ2n) is 8.59. The Morgan fingerprint density at radius 1 is 1.28 bits per heavy atom. The quantitative estimate of drug-likeness (QED) is 0.738. The number of allylic oxidation sites excluding steroid dienone is 1. The number of hydrogen-bond donors (Lipinski definition) is 1. The zero-order valence-electron chi connectivity index (χ0n) is 17.7. The second kappa shape index (κ2) is 7.90. The second-order valence-corrected chi connectivity index (χ2v) is 8.59. The summed E-state index contributed by atoms with van der Waals surface area (Å²) in [6, 6.07) is 6.06. The van der Waals surface area contributed by atoms with E-state index in [0.29, 0.717) is 25.7 Å². The van der Waals surface area contributed by atoms with Gasteiger partial charge in [0.2, 0.25) is 6.79 Å². The summed E-state index contributed by atoms with van der Waals surface area (Å²) in [6.45, 7) is 10.5. The monoisotopic (exact) mass is 401 g/mol. The number of hydrogen-bond acceptors (Lipinski definition) is 5. The molecule has 0 aromatic heterocycles. The van der Waals surface area contributed by atoms with Gasteiger partial charge in [0, 0.05) is 17.9 Å². The summed E-state index contributed by atoms with van der Waals surface area (Å²) >= 11 is 0. The molecular weight excluding hydrogens is 370 g/mol. The normalized spacial score (nSPS) is 32.5. The van der Waals surface area contributed by atoms with Crippen molar-refractivity contribution in [1.29, 1.82) is 0 Å². The fourth-order valence-electron chi connectivity index (χ4n) is 5.13. The summed E-state index contributed by atoms with van der Waals surface area (Å²) < 4.78 is 23.1. The molecule has 1 N–H and O–H groups in total. The van der Waals surface area contributed by atoms with Crippen molar-refractivity contribution in [3.63, 3.8) is 0 Å². The molecule has 2 aliphatic heterocycles. The van der Waals surface area contributed by atoms with E-state index in [2.05, 4.69) is 38.2 Å². The number of benzene rings is 1. The van der Waals surface area contributed by atoms with Crippen LogP contribution in [0.4, 0.5) is 4.79 Å². The van der Waals surface area contributed by atoms with Crippen molar-refractivity contribution in [2.24, 2.45) is 23.2 Å². The van der Waals surface area contributed by atoms with E-state index in [1.54, 1.807) is 0 Å². The molecule has 1 fully saturated rings. The van der Waals surface area contributed by atoms with E-state index >= 15 is 0 Å². The third kappa shape index (κ3) is 3.48. The molecule has 2 heterocycles. The third-order valence-electron chi connectivity index (χ3n) is 6.97. The predicted octanol–water partition coefficient (Wildman–Crippen LogP) is 4.46. The van der Waals surface area contributed by atoms with E-state index in [0.717, 1.165) is 23.5 Å². The molecular formula is C23H31NO5. The molecule has 6 heteroatoms. The highest BCUT2D eigenvalue weighted by molar-refractivity contribution is 5.67. The summed E-state index contributed by atoms with van der Waals surface area (Å²) in [4.78, 5) is 12.1. The molecule has 1 saturated heterocycles. The van der Waals surface area contributed by atoms with E-state index in [4.69, 9.17) is 18.9 Å². The summed E-state index contributed by atoms with van der Waals surface area (Å²) in [6.07, 6.45) is 2.82. The Hall–Kier alpha value is -2.21. The van der Waals surface area contributed by atoms with Gasteiger partial charge in [0.25, 0.3) is 0 Å². The van der Waals surface area contributed by atoms with Crippen LogP contribution in [0.1, 0.15) is 45.8 Å². The Labute approximate surface area is 172 Å². The highest BCUT2D eigenvalue weighted by atomic mass is 16.7. The van der Waals surface area contributed by atoms with Crippen molar-refractivity contribution >= 4 is 6.09 Å². The van der Waals surface area contributed by atoms with Crippen LogP contribution in [-0.4, -0.2) is 32.6 Å². The number of nitrogens with one attached hydrogen (secondary N) is 1. The summed E-state index contributed by atoms with van der Waals surface area (Å²) in [7, 11) is 0. The van der Waals surface area contributed by atoms with Crippen molar-refractivity contribution < 1.29 is 23.7 Å². The molecule has 0 spiro atoms. The first-order valence-electron chi connectivity index (χ1n) is 10.6. The molecule has 5 atom stereocenters. The zero-order valence-corrected chi connectivity index (χ0v) is 17.7. The number of ether oxygens (including phenoxy) is 4. The maximum absolute atomic E-state index is 12.1. The van der Waals surface area contributed by atoms with Crippen molar-refractivity contribution in [2.45, 2.75) is 40.2 Å². The van der Waals surface area contributed by atoms with E-state index in [1.165, 1.54) is 5.57 Å². The molecule has 6 nitrogen and oxygen atoms in total. The lowest BCUT2D eigenvalue weighted by atomic mass is 9.56. The molecule has 29 heavy (non-hydrogen) atoms. The van der Waals surface area contributed by atoms with Crippen molar-refractivity contribution in [3.05, 3.63) is 35.4 Å². The van der Waals surface area contributed by atoms with Crippen LogP contribution in [0.2, 0.25) is 0 Å². The molecule has 4 rings (SSSR count). The number of carbonyl (C=O) groups is 1. The van der Waals surface area contributed by atoms with Crippen LogP contribution in [0.15, 0.2) is 29.8 Å². The van der Waals surface area contributed by atoms with Crippen LogP contribution in [0.3, 0.4) is 0 Å². The van der Waals surface area contributed by atoms with Crippen LogP contribution >= 0.6 is 0 Å². The van der Waals surface area contributed by atoms with Crippen LogP contribution in [-0.2, 0) is 9.47 Å². The van der Waals surface area contributed by atoms with Gasteiger partial charge < -0.3 is 24.3 Å². The number of alkyl carbamates (subject to hydrolysis) is 1. The standard InChI is InChI=1S/C23H31NO5/c1-5-8-24-22(25)27-12-23-11-26-21(20(16(23)4)14(2)9-15(23)3)17-6-7-18-19(10-17)29-13-28-18/h6-7,9-10,15-16,20-21H,5,8,11-13H2,1-4H3,(H,24,25)/t15-,16-,20+,21-,23-/m0/s1. The Balaban J connectivity index is 1.57. The molecule has 0 radical (unpaired) electrons. The largest absolute Gasteiger partial charge is 0.454 e. The van der Waals surface area contributed by atoms with E-state index in [1.807, 2.05) is 19.1 Å². The van der Waals surface area contributed by atoms with Gasteiger partial charge in [-0.3, -0.25) is 0 Å². The van der Waals surface area contributed by atoms with Gasteiger partial charge in [-0.2, -0.15) is 0 Å². The molecule has 0 unspecified atom stereocenters. The Kier molecular flexibility index (Phi) is 5.47. The first kappa shape index (κ1) is 20.1. The minimum atomic E-state index is -0.346. The van der Waals surface area contributed by atoms with Crippen LogP contribution in [0.5, 0.6) is 11.5 Å². The minimum absolute atomic E-state index is 0.0507. The molecule has 2 bridgehead atoms. The van der Waals surface area contributed by atoms with Gasteiger partial charge in [0.1, 0.15) is 6.61 Å². The average molecular weight is 402 g/mol. The number of amides is 1. The van der Waals surface area contributed by atoms with Gasteiger partial charge in [0.15, 0.2) is 11.5 Å². The third-order valence-corrected chi connectivity index (χ3v) is 6.97. The predicted molar refractivity (Wildman–Crippen MR) is 109 cm³/mol.